The molecule has 0 fully saturated rings. The molecule has 20 heavy (non-hydrogen) atoms. The number of aromatic nitrogens is 2. The zero-order valence-electron chi connectivity index (χ0n) is 10.6. The molecule has 0 bridgehead atoms. The summed E-state index contributed by atoms with van der Waals surface area (Å²) in [7, 11) is 0. The molecule has 1 aromatic heterocycles. The second kappa shape index (κ2) is 5.79. The summed E-state index contributed by atoms with van der Waals surface area (Å²) in [5, 5.41) is 14.1. The second-order valence-corrected chi connectivity index (χ2v) is 4.04. The van der Waals surface area contributed by atoms with Gasteiger partial charge >= 0.3 is 12.0 Å². The molecule has 7 heteroatoms. The number of urea groups is 1. The smallest absolute Gasteiger partial charge is 0.336 e. The molecule has 0 aliphatic heterocycles. The van der Waals surface area contributed by atoms with Crippen LogP contribution in [0.4, 0.5) is 16.2 Å². The molecule has 0 unspecified atom stereocenters. The van der Waals surface area contributed by atoms with E-state index in [1.165, 1.54) is 24.8 Å². The van der Waals surface area contributed by atoms with Gasteiger partial charge in [0.05, 0.1) is 23.6 Å². The van der Waals surface area contributed by atoms with Gasteiger partial charge < -0.3 is 15.7 Å². The fourth-order valence-corrected chi connectivity index (χ4v) is 1.59. The highest BCUT2D eigenvalue weighted by Crippen LogP contribution is 2.15. The number of rotatable bonds is 3. The molecule has 1 heterocycles. The van der Waals surface area contributed by atoms with Crippen molar-refractivity contribution in [3.8, 4) is 0 Å². The van der Waals surface area contributed by atoms with Crippen LogP contribution in [0.15, 0.2) is 36.9 Å². The molecule has 0 atom stereocenters. The Bertz CT molecular complexity index is 643. The normalized spacial score (nSPS) is 9.85. The number of nitrogens with one attached hydrogen (secondary N) is 2. The molecule has 1 aromatic carbocycles. The van der Waals surface area contributed by atoms with Crippen molar-refractivity contribution in [1.82, 2.24) is 9.97 Å². The van der Waals surface area contributed by atoms with Crippen molar-refractivity contribution in [2.45, 2.75) is 6.92 Å². The van der Waals surface area contributed by atoms with Gasteiger partial charge in [-0.3, -0.25) is 0 Å². The number of amides is 2. The van der Waals surface area contributed by atoms with Gasteiger partial charge in [0.2, 0.25) is 0 Å². The van der Waals surface area contributed by atoms with Crippen LogP contribution < -0.4 is 10.6 Å². The van der Waals surface area contributed by atoms with Crippen molar-refractivity contribution >= 4 is 23.4 Å². The van der Waals surface area contributed by atoms with Crippen LogP contribution in [0.5, 0.6) is 0 Å². The van der Waals surface area contributed by atoms with Crippen molar-refractivity contribution < 1.29 is 14.7 Å². The number of anilines is 2. The maximum atomic E-state index is 11.7. The first-order valence-corrected chi connectivity index (χ1v) is 5.73. The van der Waals surface area contributed by atoms with E-state index in [0.29, 0.717) is 16.9 Å². The van der Waals surface area contributed by atoms with Gasteiger partial charge in [0.1, 0.15) is 6.33 Å². The fraction of sp³-hybridized carbons (Fsp3) is 0.0769. The first-order valence-electron chi connectivity index (χ1n) is 5.73. The van der Waals surface area contributed by atoms with Gasteiger partial charge in [0, 0.05) is 5.69 Å². The third kappa shape index (κ3) is 3.29. The molecule has 0 aliphatic rings. The number of nitrogens with zero attached hydrogens (tertiary/aromatic N) is 2. The summed E-state index contributed by atoms with van der Waals surface area (Å²) in [6, 6.07) is 4.16. The van der Waals surface area contributed by atoms with E-state index >= 15 is 0 Å². The van der Waals surface area contributed by atoms with Crippen LogP contribution in [0, 0.1) is 6.92 Å². The lowest BCUT2D eigenvalue weighted by atomic mass is 10.1. The van der Waals surface area contributed by atoms with Gasteiger partial charge in [-0.15, -0.1) is 0 Å². The first kappa shape index (κ1) is 13.5. The van der Waals surface area contributed by atoms with Crippen LogP contribution in [-0.2, 0) is 0 Å². The largest absolute Gasteiger partial charge is 0.478 e. The third-order valence-electron chi connectivity index (χ3n) is 2.54. The molecule has 102 valence electrons. The molecule has 2 aromatic rings. The van der Waals surface area contributed by atoms with Crippen molar-refractivity contribution in [3.63, 3.8) is 0 Å². The van der Waals surface area contributed by atoms with E-state index in [1.54, 1.807) is 19.1 Å². The van der Waals surface area contributed by atoms with E-state index in [9.17, 15) is 9.59 Å². The average molecular weight is 272 g/mol. The summed E-state index contributed by atoms with van der Waals surface area (Å²) in [5.74, 6) is -1.04. The molecule has 0 saturated carbocycles. The predicted molar refractivity (Wildman–Crippen MR) is 72.8 cm³/mol. The van der Waals surface area contributed by atoms with Crippen LogP contribution in [0.2, 0.25) is 0 Å². The van der Waals surface area contributed by atoms with Crippen molar-refractivity contribution in [2.75, 3.05) is 10.6 Å². The summed E-state index contributed by atoms with van der Waals surface area (Å²) in [5.41, 5.74) is 1.60. The molecule has 0 spiro atoms. The van der Waals surface area contributed by atoms with Crippen LogP contribution in [0.25, 0.3) is 0 Å². The van der Waals surface area contributed by atoms with E-state index < -0.39 is 12.0 Å². The maximum absolute atomic E-state index is 11.7. The highest BCUT2D eigenvalue weighted by molar-refractivity contribution is 6.00. The van der Waals surface area contributed by atoms with E-state index in [0.717, 1.165) is 0 Å². The number of hydrogen-bond donors (Lipinski definition) is 3. The average Bonchev–Trinajstić information content (AvgIpc) is 2.41. The van der Waals surface area contributed by atoms with E-state index in [2.05, 4.69) is 20.6 Å². The molecular weight excluding hydrogens is 260 g/mol. The lowest BCUT2D eigenvalue weighted by molar-refractivity contribution is 0.0696. The zero-order valence-corrected chi connectivity index (χ0v) is 10.6. The lowest BCUT2D eigenvalue weighted by Gasteiger charge is -2.08. The van der Waals surface area contributed by atoms with Gasteiger partial charge in [-0.1, -0.05) is 6.07 Å². The van der Waals surface area contributed by atoms with Gasteiger partial charge in [0.25, 0.3) is 0 Å². The molecule has 0 radical (unpaired) electrons. The van der Waals surface area contributed by atoms with Crippen LogP contribution in [0.1, 0.15) is 15.9 Å². The summed E-state index contributed by atoms with van der Waals surface area (Å²) in [6.07, 6.45) is 4.25. The SMILES string of the molecule is Cc1ccc(NC(=O)Nc2cncnc2)cc1C(=O)O. The molecule has 2 rings (SSSR count). The standard InChI is InChI=1S/C13H12N4O3/c1-8-2-3-9(4-11(8)12(18)19)16-13(20)17-10-5-14-7-15-6-10/h2-7H,1H3,(H,18,19)(H2,16,17,20). The summed E-state index contributed by atoms with van der Waals surface area (Å²) in [6.45, 7) is 1.69. The number of aryl methyl sites for hydroxylation is 1. The first-order chi connectivity index (χ1) is 9.56. The molecule has 0 aliphatic carbocycles. The Labute approximate surface area is 114 Å². The van der Waals surface area contributed by atoms with E-state index in [4.69, 9.17) is 5.11 Å². The Hall–Kier alpha value is -2.96. The number of carboxylic acid groups (broad SMARTS) is 1. The number of aromatic carboxylic acids is 1. The molecule has 7 nitrogen and oxygen atoms in total. The highest BCUT2D eigenvalue weighted by atomic mass is 16.4. The molecule has 2 amide bonds. The Kier molecular flexibility index (Phi) is 3.90. The summed E-state index contributed by atoms with van der Waals surface area (Å²) in [4.78, 5) is 30.3. The minimum atomic E-state index is -1.04. The van der Waals surface area contributed by atoms with Crippen LogP contribution in [0.3, 0.4) is 0 Å². The van der Waals surface area contributed by atoms with Crippen LogP contribution >= 0.6 is 0 Å². The zero-order chi connectivity index (χ0) is 14.5. The molecule has 3 N–H and O–H groups in total. The lowest BCUT2D eigenvalue weighted by Crippen LogP contribution is -2.20. The Morgan fingerprint density at radius 2 is 1.75 bits per heavy atom. The fourth-order valence-electron chi connectivity index (χ4n) is 1.59. The number of benzene rings is 1. The Morgan fingerprint density at radius 3 is 2.40 bits per heavy atom. The van der Waals surface area contributed by atoms with Gasteiger partial charge in [-0.25, -0.2) is 19.6 Å². The van der Waals surface area contributed by atoms with Gasteiger partial charge in [-0.2, -0.15) is 0 Å². The van der Waals surface area contributed by atoms with E-state index in [-0.39, 0.29) is 5.56 Å². The quantitative estimate of drug-likeness (QED) is 0.793. The maximum Gasteiger partial charge on any atom is 0.336 e. The Balaban J connectivity index is 2.08. The second-order valence-electron chi connectivity index (χ2n) is 4.04. The van der Waals surface area contributed by atoms with Crippen molar-refractivity contribution in [1.29, 1.82) is 0 Å². The number of hydrogen-bond acceptors (Lipinski definition) is 4. The Morgan fingerprint density at radius 1 is 1.10 bits per heavy atom. The van der Waals surface area contributed by atoms with Crippen LogP contribution in [-0.4, -0.2) is 27.1 Å². The molecule has 0 saturated heterocycles. The topological polar surface area (TPSA) is 104 Å². The predicted octanol–water partition coefficient (Wildman–Crippen LogP) is 2.13. The number of carboxylic acids is 1. The van der Waals surface area contributed by atoms with Crippen molar-refractivity contribution in [2.24, 2.45) is 0 Å². The number of carbonyl (C=O) groups excluding carboxylic acids is 1. The number of carbonyl (C=O) groups is 2. The van der Waals surface area contributed by atoms with Crippen molar-refractivity contribution in [3.05, 3.63) is 48.0 Å². The monoisotopic (exact) mass is 272 g/mol. The minimum absolute atomic E-state index is 0.144. The van der Waals surface area contributed by atoms with E-state index in [1.807, 2.05) is 0 Å². The van der Waals surface area contributed by atoms with Gasteiger partial charge in [-0.05, 0) is 24.6 Å². The summed E-state index contributed by atoms with van der Waals surface area (Å²) >= 11 is 0. The summed E-state index contributed by atoms with van der Waals surface area (Å²) < 4.78 is 0. The highest BCUT2D eigenvalue weighted by Gasteiger charge is 2.09. The minimum Gasteiger partial charge on any atom is -0.478 e. The molecular formula is C13H12N4O3. The third-order valence-corrected chi connectivity index (χ3v) is 2.54. The van der Waals surface area contributed by atoms with Gasteiger partial charge in [0.15, 0.2) is 0 Å².